The van der Waals surface area contributed by atoms with Crippen molar-refractivity contribution in [1.29, 1.82) is 0 Å². The van der Waals surface area contributed by atoms with Gasteiger partial charge in [-0.2, -0.15) is 0 Å². The van der Waals surface area contributed by atoms with E-state index in [0.29, 0.717) is 23.9 Å². The molecular formula is C12H24O. The lowest BCUT2D eigenvalue weighted by Gasteiger charge is -2.30. The third-order valence-electron chi connectivity index (χ3n) is 3.57. The van der Waals surface area contributed by atoms with Gasteiger partial charge in [-0.05, 0) is 31.1 Å². The first-order chi connectivity index (χ1) is 5.87. The number of hydrogen-bond acceptors (Lipinski definition) is 1. The average molecular weight is 184 g/mol. The van der Waals surface area contributed by atoms with Crippen LogP contribution in [-0.2, 0) is 4.74 Å². The van der Waals surface area contributed by atoms with Gasteiger partial charge >= 0.3 is 0 Å². The van der Waals surface area contributed by atoms with Gasteiger partial charge in [-0.3, -0.25) is 0 Å². The van der Waals surface area contributed by atoms with E-state index in [1.165, 1.54) is 6.42 Å². The molecule has 1 heteroatoms. The van der Waals surface area contributed by atoms with E-state index >= 15 is 0 Å². The Bertz CT molecular complexity index is 174. The fourth-order valence-corrected chi connectivity index (χ4v) is 2.40. The lowest BCUT2D eigenvalue weighted by Crippen LogP contribution is -2.32. The molecule has 1 rings (SSSR count). The van der Waals surface area contributed by atoms with Crippen molar-refractivity contribution < 1.29 is 4.74 Å². The first-order valence-electron chi connectivity index (χ1n) is 5.54. The second kappa shape index (κ2) is 3.61. The van der Waals surface area contributed by atoms with E-state index in [2.05, 4.69) is 41.5 Å². The third kappa shape index (κ3) is 2.07. The van der Waals surface area contributed by atoms with Gasteiger partial charge in [0.25, 0.3) is 0 Å². The van der Waals surface area contributed by atoms with Crippen LogP contribution in [0.3, 0.4) is 0 Å². The molecular weight excluding hydrogens is 160 g/mol. The minimum atomic E-state index is 0.119. The predicted molar refractivity (Wildman–Crippen MR) is 56.7 cm³/mol. The molecule has 78 valence electrons. The van der Waals surface area contributed by atoms with Crippen LogP contribution < -0.4 is 0 Å². The molecule has 2 unspecified atom stereocenters. The Labute approximate surface area is 82.9 Å². The Morgan fingerprint density at radius 1 is 1.23 bits per heavy atom. The molecule has 1 saturated heterocycles. The molecule has 0 aromatic heterocycles. The van der Waals surface area contributed by atoms with Crippen molar-refractivity contribution in [3.63, 3.8) is 0 Å². The van der Waals surface area contributed by atoms with Gasteiger partial charge in [0.15, 0.2) is 0 Å². The fourth-order valence-electron chi connectivity index (χ4n) is 2.40. The Hall–Kier alpha value is -0.0400. The van der Waals surface area contributed by atoms with Crippen molar-refractivity contribution in [2.75, 3.05) is 0 Å². The highest BCUT2D eigenvalue weighted by atomic mass is 16.5. The molecule has 0 radical (unpaired) electrons. The zero-order valence-electron chi connectivity index (χ0n) is 9.92. The van der Waals surface area contributed by atoms with E-state index in [9.17, 15) is 0 Å². The van der Waals surface area contributed by atoms with Gasteiger partial charge in [0.2, 0.25) is 0 Å². The predicted octanol–water partition coefficient (Wildman–Crippen LogP) is 3.48. The molecule has 0 amide bonds. The van der Waals surface area contributed by atoms with E-state index < -0.39 is 0 Å². The molecule has 1 aliphatic heterocycles. The summed E-state index contributed by atoms with van der Waals surface area (Å²) in [5, 5.41) is 0. The summed E-state index contributed by atoms with van der Waals surface area (Å²) in [6, 6.07) is 0. The lowest BCUT2D eigenvalue weighted by molar-refractivity contribution is -0.0762. The summed E-state index contributed by atoms with van der Waals surface area (Å²) in [6.07, 6.45) is 1.68. The van der Waals surface area contributed by atoms with Crippen LogP contribution in [0.5, 0.6) is 0 Å². The molecule has 3 atom stereocenters. The number of hydrogen-bond donors (Lipinski definition) is 0. The molecule has 0 N–H and O–H groups in total. The summed E-state index contributed by atoms with van der Waals surface area (Å²) in [6.45, 7) is 13.6. The zero-order chi connectivity index (χ0) is 10.2. The summed E-state index contributed by atoms with van der Waals surface area (Å²) in [5.41, 5.74) is 0.119. The van der Waals surface area contributed by atoms with Crippen LogP contribution in [0.1, 0.15) is 48.0 Å². The Morgan fingerprint density at radius 2 is 1.77 bits per heavy atom. The maximum atomic E-state index is 6.18. The fraction of sp³-hybridized carbons (Fsp3) is 1.00. The highest BCUT2D eigenvalue weighted by molar-refractivity contribution is 4.92. The quantitative estimate of drug-likeness (QED) is 0.638. The minimum absolute atomic E-state index is 0.119. The Kier molecular flexibility index (Phi) is 3.06. The highest BCUT2D eigenvalue weighted by Crippen LogP contribution is 2.41. The van der Waals surface area contributed by atoms with Crippen molar-refractivity contribution >= 4 is 0 Å². The smallest absolute Gasteiger partial charge is 0.0684 e. The molecule has 0 aromatic carbocycles. The van der Waals surface area contributed by atoms with E-state index in [1.54, 1.807) is 0 Å². The molecule has 1 fully saturated rings. The zero-order valence-corrected chi connectivity index (χ0v) is 9.92. The van der Waals surface area contributed by atoms with E-state index in [4.69, 9.17) is 4.74 Å². The summed E-state index contributed by atoms with van der Waals surface area (Å²) >= 11 is 0. The summed E-state index contributed by atoms with van der Waals surface area (Å²) < 4.78 is 6.18. The Morgan fingerprint density at radius 3 is 2.00 bits per heavy atom. The highest BCUT2D eigenvalue weighted by Gasteiger charge is 2.43. The van der Waals surface area contributed by atoms with E-state index in [-0.39, 0.29) is 5.60 Å². The monoisotopic (exact) mass is 184 g/mol. The molecule has 1 nitrogen and oxygen atoms in total. The minimum Gasteiger partial charge on any atom is -0.371 e. The molecule has 0 spiro atoms. The summed E-state index contributed by atoms with van der Waals surface area (Å²) in [7, 11) is 0. The van der Waals surface area contributed by atoms with Crippen molar-refractivity contribution in [2.45, 2.75) is 59.7 Å². The maximum Gasteiger partial charge on any atom is 0.0684 e. The Balaban J connectivity index is 2.69. The van der Waals surface area contributed by atoms with Gasteiger partial charge in [-0.15, -0.1) is 0 Å². The van der Waals surface area contributed by atoms with Crippen LogP contribution >= 0.6 is 0 Å². The van der Waals surface area contributed by atoms with Gasteiger partial charge in [0.1, 0.15) is 0 Å². The van der Waals surface area contributed by atoms with Crippen LogP contribution in [0, 0.1) is 17.8 Å². The second-order valence-corrected chi connectivity index (χ2v) is 5.48. The van der Waals surface area contributed by atoms with Crippen LogP contribution in [-0.4, -0.2) is 11.7 Å². The molecule has 0 saturated carbocycles. The average Bonchev–Trinajstić information content (AvgIpc) is 2.28. The lowest BCUT2D eigenvalue weighted by atomic mass is 9.84. The van der Waals surface area contributed by atoms with Gasteiger partial charge in [-0.25, -0.2) is 0 Å². The van der Waals surface area contributed by atoms with E-state index in [1.807, 2.05) is 0 Å². The van der Waals surface area contributed by atoms with Crippen LogP contribution in [0.25, 0.3) is 0 Å². The SMILES string of the molecule is CC(C)C1O[C@@](C)(C(C)C)CC1C. The second-order valence-electron chi connectivity index (χ2n) is 5.48. The third-order valence-corrected chi connectivity index (χ3v) is 3.57. The van der Waals surface area contributed by atoms with Crippen molar-refractivity contribution in [3.05, 3.63) is 0 Å². The largest absolute Gasteiger partial charge is 0.371 e. The standard InChI is InChI=1S/C12H24O/c1-8(2)11-10(5)7-12(6,13-11)9(3)4/h8-11H,7H2,1-6H3/t10?,11?,12-/m1/s1. The van der Waals surface area contributed by atoms with Gasteiger partial charge < -0.3 is 4.74 Å². The van der Waals surface area contributed by atoms with Crippen LogP contribution in [0.2, 0.25) is 0 Å². The molecule has 13 heavy (non-hydrogen) atoms. The van der Waals surface area contributed by atoms with Crippen LogP contribution in [0.15, 0.2) is 0 Å². The van der Waals surface area contributed by atoms with Crippen molar-refractivity contribution in [1.82, 2.24) is 0 Å². The van der Waals surface area contributed by atoms with Crippen molar-refractivity contribution in [2.24, 2.45) is 17.8 Å². The maximum absolute atomic E-state index is 6.18. The van der Waals surface area contributed by atoms with Crippen LogP contribution in [0.4, 0.5) is 0 Å². The van der Waals surface area contributed by atoms with Crippen molar-refractivity contribution in [3.8, 4) is 0 Å². The van der Waals surface area contributed by atoms with Gasteiger partial charge in [0, 0.05) is 0 Å². The van der Waals surface area contributed by atoms with Gasteiger partial charge in [0.05, 0.1) is 11.7 Å². The van der Waals surface area contributed by atoms with E-state index in [0.717, 1.165) is 0 Å². The first kappa shape index (κ1) is 11.0. The summed E-state index contributed by atoms with van der Waals surface area (Å²) in [4.78, 5) is 0. The molecule has 1 heterocycles. The number of ether oxygens (including phenoxy) is 1. The molecule has 0 aromatic rings. The molecule has 0 aliphatic carbocycles. The molecule has 0 bridgehead atoms. The van der Waals surface area contributed by atoms with Gasteiger partial charge in [-0.1, -0.05) is 34.6 Å². The molecule has 1 aliphatic rings. The normalized spacial score (nSPS) is 40.6. The topological polar surface area (TPSA) is 9.23 Å². The first-order valence-corrected chi connectivity index (χ1v) is 5.54. The number of rotatable bonds is 2. The summed E-state index contributed by atoms with van der Waals surface area (Å²) in [5.74, 6) is 1.99.